The first-order chi connectivity index (χ1) is 8.49. The van der Waals surface area contributed by atoms with E-state index in [1.54, 1.807) is 24.3 Å². The van der Waals surface area contributed by atoms with Crippen molar-refractivity contribution in [1.82, 2.24) is 0 Å². The summed E-state index contributed by atoms with van der Waals surface area (Å²) in [6.07, 6.45) is 0. The van der Waals surface area contributed by atoms with Gasteiger partial charge >= 0.3 is 0 Å². The molecule has 0 saturated carbocycles. The maximum Gasteiger partial charge on any atom is 0.194 e. The van der Waals surface area contributed by atoms with E-state index in [4.69, 9.17) is 5.73 Å². The van der Waals surface area contributed by atoms with Gasteiger partial charge in [0, 0.05) is 25.8 Å². The number of nitrogen functional groups attached to an aromatic ring is 1. The lowest BCUT2D eigenvalue weighted by Crippen LogP contribution is -2.03. The van der Waals surface area contributed by atoms with Gasteiger partial charge in [-0.05, 0) is 36.8 Å². The summed E-state index contributed by atoms with van der Waals surface area (Å²) in [5.74, 6) is -0.0464. The molecule has 0 aliphatic rings. The third-order valence-corrected chi connectivity index (χ3v) is 4.15. The number of benzene rings is 2. The molecule has 0 aromatic heterocycles. The summed E-state index contributed by atoms with van der Waals surface area (Å²) >= 11 is 6.86. The Kier molecular flexibility index (Phi) is 3.88. The summed E-state index contributed by atoms with van der Waals surface area (Å²) in [5, 5.41) is 0. The number of ketones is 1. The minimum Gasteiger partial charge on any atom is -0.399 e. The number of rotatable bonds is 2. The maximum absolute atomic E-state index is 12.4. The van der Waals surface area contributed by atoms with E-state index < -0.39 is 0 Å². The highest BCUT2D eigenvalue weighted by Crippen LogP contribution is 2.27. The molecule has 2 nitrogen and oxygen atoms in total. The van der Waals surface area contributed by atoms with Crippen molar-refractivity contribution < 1.29 is 4.79 Å². The summed E-state index contributed by atoms with van der Waals surface area (Å²) in [4.78, 5) is 12.4. The fraction of sp³-hybridized carbons (Fsp3) is 0.0714. The minimum absolute atomic E-state index is 0.0464. The number of carbonyl (C=O) groups excluding carboxylic acids is 1. The number of nitrogens with two attached hydrogens (primary N) is 1. The summed E-state index contributed by atoms with van der Waals surface area (Å²) < 4.78 is 1.70. The third-order valence-electron chi connectivity index (χ3n) is 2.64. The zero-order valence-electron chi connectivity index (χ0n) is 9.71. The van der Waals surface area contributed by atoms with Gasteiger partial charge in [0.15, 0.2) is 5.78 Å². The molecule has 2 aromatic carbocycles. The zero-order chi connectivity index (χ0) is 13.3. The molecule has 0 bridgehead atoms. The van der Waals surface area contributed by atoms with Gasteiger partial charge in [-0.1, -0.05) is 44.0 Å². The van der Waals surface area contributed by atoms with Crippen molar-refractivity contribution in [3.05, 3.63) is 62.0 Å². The molecular formula is C14H11Br2NO. The highest BCUT2D eigenvalue weighted by molar-refractivity contribution is 9.11. The lowest BCUT2D eigenvalue weighted by Gasteiger charge is -2.07. The maximum atomic E-state index is 12.4. The van der Waals surface area contributed by atoms with Crippen LogP contribution in [0.1, 0.15) is 21.5 Å². The Balaban J connectivity index is 2.49. The first-order valence-corrected chi connectivity index (χ1v) is 6.93. The van der Waals surface area contributed by atoms with Crippen molar-refractivity contribution >= 4 is 43.3 Å². The van der Waals surface area contributed by atoms with Crippen LogP contribution in [0.5, 0.6) is 0 Å². The topological polar surface area (TPSA) is 43.1 Å². The molecule has 2 rings (SSSR count). The lowest BCUT2D eigenvalue weighted by molar-refractivity contribution is 0.103. The molecule has 0 amide bonds. The number of halogens is 2. The van der Waals surface area contributed by atoms with E-state index in [0.29, 0.717) is 16.8 Å². The van der Waals surface area contributed by atoms with Crippen LogP contribution in [0.3, 0.4) is 0 Å². The molecule has 0 unspecified atom stereocenters. The Hall–Kier alpha value is -1.13. The van der Waals surface area contributed by atoms with E-state index in [1.807, 2.05) is 19.1 Å². The predicted octanol–water partition coefficient (Wildman–Crippen LogP) is 4.33. The summed E-state index contributed by atoms with van der Waals surface area (Å²) in [6.45, 7) is 1.98. The van der Waals surface area contributed by atoms with Crippen LogP contribution in [0.15, 0.2) is 45.3 Å². The quantitative estimate of drug-likeness (QED) is 0.633. The van der Waals surface area contributed by atoms with E-state index >= 15 is 0 Å². The smallest absolute Gasteiger partial charge is 0.194 e. The Morgan fingerprint density at radius 3 is 2.50 bits per heavy atom. The molecule has 0 aliphatic carbocycles. The fourth-order valence-electron chi connectivity index (χ4n) is 1.66. The zero-order valence-corrected chi connectivity index (χ0v) is 12.9. The number of aryl methyl sites for hydroxylation is 1. The Bertz CT molecular complexity index is 623. The molecular weight excluding hydrogens is 358 g/mol. The van der Waals surface area contributed by atoms with E-state index in [1.165, 1.54) is 0 Å². The van der Waals surface area contributed by atoms with Gasteiger partial charge in [0.25, 0.3) is 0 Å². The lowest BCUT2D eigenvalue weighted by atomic mass is 10.0. The van der Waals surface area contributed by atoms with Crippen LogP contribution in [0.2, 0.25) is 0 Å². The molecule has 18 heavy (non-hydrogen) atoms. The first-order valence-electron chi connectivity index (χ1n) is 5.35. The predicted molar refractivity (Wildman–Crippen MR) is 80.9 cm³/mol. The molecule has 0 atom stereocenters. The van der Waals surface area contributed by atoms with E-state index in [2.05, 4.69) is 31.9 Å². The van der Waals surface area contributed by atoms with Crippen LogP contribution in [-0.2, 0) is 0 Å². The number of hydrogen-bond donors (Lipinski definition) is 1. The van der Waals surface area contributed by atoms with Crippen LogP contribution in [0, 0.1) is 6.92 Å². The fourth-order valence-corrected chi connectivity index (χ4v) is 2.64. The molecule has 0 heterocycles. The summed E-state index contributed by atoms with van der Waals surface area (Å²) in [7, 11) is 0. The normalized spacial score (nSPS) is 10.4. The van der Waals surface area contributed by atoms with Crippen molar-refractivity contribution in [3.8, 4) is 0 Å². The van der Waals surface area contributed by atoms with Crippen molar-refractivity contribution in [2.75, 3.05) is 5.73 Å². The van der Waals surface area contributed by atoms with E-state index in [9.17, 15) is 4.79 Å². The molecule has 0 radical (unpaired) electrons. The highest BCUT2D eigenvalue weighted by atomic mass is 79.9. The molecule has 0 saturated heterocycles. The Labute approximate surface area is 122 Å². The van der Waals surface area contributed by atoms with Crippen LogP contribution in [0.25, 0.3) is 0 Å². The minimum atomic E-state index is -0.0464. The Morgan fingerprint density at radius 1 is 1.11 bits per heavy atom. The van der Waals surface area contributed by atoms with Gasteiger partial charge in [-0.3, -0.25) is 4.79 Å². The van der Waals surface area contributed by atoms with Crippen LogP contribution in [-0.4, -0.2) is 5.78 Å². The van der Waals surface area contributed by atoms with Crippen molar-refractivity contribution in [3.63, 3.8) is 0 Å². The highest BCUT2D eigenvalue weighted by Gasteiger charge is 2.14. The summed E-state index contributed by atoms with van der Waals surface area (Å²) in [5.41, 5.74) is 8.57. The van der Waals surface area contributed by atoms with Crippen LogP contribution in [0.4, 0.5) is 5.69 Å². The van der Waals surface area contributed by atoms with Crippen molar-refractivity contribution in [2.45, 2.75) is 6.92 Å². The second-order valence-corrected chi connectivity index (χ2v) is 5.74. The monoisotopic (exact) mass is 367 g/mol. The number of carbonyl (C=O) groups is 1. The van der Waals surface area contributed by atoms with Gasteiger partial charge in [0.05, 0.1) is 0 Å². The third kappa shape index (κ3) is 2.65. The van der Waals surface area contributed by atoms with E-state index in [-0.39, 0.29) is 5.78 Å². The summed E-state index contributed by atoms with van der Waals surface area (Å²) in [6, 6.07) is 10.7. The average Bonchev–Trinajstić information content (AvgIpc) is 2.33. The van der Waals surface area contributed by atoms with Crippen molar-refractivity contribution in [2.24, 2.45) is 0 Å². The largest absolute Gasteiger partial charge is 0.399 e. The second-order valence-electron chi connectivity index (χ2n) is 4.04. The van der Waals surface area contributed by atoms with Gasteiger partial charge in [-0.15, -0.1) is 0 Å². The molecule has 2 aromatic rings. The first kappa shape index (κ1) is 13.3. The van der Waals surface area contributed by atoms with Gasteiger partial charge in [-0.2, -0.15) is 0 Å². The average molecular weight is 369 g/mol. The van der Waals surface area contributed by atoms with E-state index in [0.717, 1.165) is 14.5 Å². The molecule has 0 aliphatic heterocycles. The number of anilines is 1. The molecule has 0 fully saturated rings. The van der Waals surface area contributed by atoms with Gasteiger partial charge in [0.2, 0.25) is 0 Å². The standard InChI is InChI=1S/C14H11Br2NO/c1-8-5-13(16)11(7-12(8)15)14(18)9-3-2-4-10(17)6-9/h2-7H,17H2,1H3. The Morgan fingerprint density at radius 2 is 1.83 bits per heavy atom. The molecule has 4 heteroatoms. The second kappa shape index (κ2) is 5.24. The van der Waals surface area contributed by atoms with Crippen LogP contribution < -0.4 is 5.73 Å². The van der Waals surface area contributed by atoms with Crippen molar-refractivity contribution in [1.29, 1.82) is 0 Å². The SMILES string of the molecule is Cc1cc(Br)c(C(=O)c2cccc(N)c2)cc1Br. The van der Waals surface area contributed by atoms with Crippen LogP contribution >= 0.6 is 31.9 Å². The number of hydrogen-bond acceptors (Lipinski definition) is 2. The van der Waals surface area contributed by atoms with Gasteiger partial charge in [-0.25, -0.2) is 0 Å². The van der Waals surface area contributed by atoms with Gasteiger partial charge < -0.3 is 5.73 Å². The molecule has 0 spiro atoms. The molecule has 92 valence electrons. The van der Waals surface area contributed by atoms with Gasteiger partial charge in [0.1, 0.15) is 0 Å². The molecule has 2 N–H and O–H groups in total.